The van der Waals surface area contributed by atoms with E-state index in [1.165, 1.54) is 12.0 Å². The van der Waals surface area contributed by atoms with Gasteiger partial charge in [-0.15, -0.1) is 0 Å². The van der Waals surface area contributed by atoms with Gasteiger partial charge >= 0.3 is 5.97 Å². The van der Waals surface area contributed by atoms with Crippen molar-refractivity contribution in [1.82, 2.24) is 0 Å². The van der Waals surface area contributed by atoms with E-state index in [4.69, 9.17) is 0 Å². The molecular formula is C25H38O4. The highest BCUT2D eigenvalue weighted by Gasteiger charge is 2.65. The molecule has 4 nitrogen and oxygen atoms in total. The van der Waals surface area contributed by atoms with Gasteiger partial charge in [0.05, 0.1) is 5.60 Å². The fourth-order valence-electron chi connectivity index (χ4n) is 8.21. The molecule has 0 aromatic carbocycles. The van der Waals surface area contributed by atoms with Crippen molar-refractivity contribution in [3.8, 4) is 0 Å². The van der Waals surface area contributed by atoms with E-state index in [1.54, 1.807) is 0 Å². The molecular weight excluding hydrogens is 364 g/mol. The van der Waals surface area contributed by atoms with E-state index in [0.29, 0.717) is 42.3 Å². The van der Waals surface area contributed by atoms with Gasteiger partial charge in [0, 0.05) is 12.8 Å². The molecule has 4 aliphatic rings. The molecule has 162 valence electrons. The third-order valence-electron chi connectivity index (χ3n) is 9.87. The maximum atomic E-state index is 12.2. The lowest BCUT2D eigenvalue weighted by molar-refractivity contribution is -0.152. The zero-order valence-corrected chi connectivity index (χ0v) is 18.4. The first-order valence-electron chi connectivity index (χ1n) is 11.8. The first-order chi connectivity index (χ1) is 13.6. The van der Waals surface area contributed by atoms with Crippen molar-refractivity contribution < 1.29 is 19.8 Å². The average Bonchev–Trinajstić information content (AvgIpc) is 2.93. The van der Waals surface area contributed by atoms with Gasteiger partial charge in [-0.05, 0) is 85.5 Å². The number of carbonyl (C=O) groups excluding carboxylic acids is 1. The molecule has 7 atom stereocenters. The number of hydrogen-bond donors (Lipinski definition) is 2. The number of carboxylic acid groups (broad SMARTS) is 1. The minimum atomic E-state index is -0.850. The Hall–Kier alpha value is -1.16. The molecule has 0 radical (unpaired) electrons. The lowest BCUT2D eigenvalue weighted by atomic mass is 9.43. The second-order valence-corrected chi connectivity index (χ2v) is 11.0. The van der Waals surface area contributed by atoms with Gasteiger partial charge in [-0.1, -0.05) is 39.2 Å². The number of aliphatic carboxylic acids is 1. The van der Waals surface area contributed by atoms with Gasteiger partial charge in [-0.2, -0.15) is 0 Å². The van der Waals surface area contributed by atoms with Crippen LogP contribution < -0.4 is 0 Å². The van der Waals surface area contributed by atoms with Crippen LogP contribution in [0.4, 0.5) is 0 Å². The maximum Gasteiger partial charge on any atom is 0.303 e. The quantitative estimate of drug-likeness (QED) is 0.668. The number of carboxylic acids is 1. The Bertz CT molecular complexity index is 726. The van der Waals surface area contributed by atoms with Gasteiger partial charge in [-0.25, -0.2) is 0 Å². The van der Waals surface area contributed by atoms with Gasteiger partial charge in [-0.3, -0.25) is 9.59 Å². The van der Waals surface area contributed by atoms with Crippen LogP contribution in [0, 0.1) is 34.5 Å². The van der Waals surface area contributed by atoms with E-state index in [-0.39, 0.29) is 17.3 Å². The average molecular weight is 403 g/mol. The lowest BCUT2D eigenvalue weighted by Gasteiger charge is -2.61. The summed E-state index contributed by atoms with van der Waals surface area (Å²) in [7, 11) is 0. The summed E-state index contributed by atoms with van der Waals surface area (Å²) in [4.78, 5) is 23.4. The fraction of sp³-hybridized carbons (Fsp3) is 0.840. The highest BCUT2D eigenvalue weighted by atomic mass is 16.4. The van der Waals surface area contributed by atoms with Gasteiger partial charge in [0.25, 0.3) is 0 Å². The van der Waals surface area contributed by atoms with E-state index >= 15 is 0 Å². The fourth-order valence-corrected chi connectivity index (χ4v) is 8.21. The van der Waals surface area contributed by atoms with Crippen LogP contribution >= 0.6 is 0 Å². The summed E-state index contributed by atoms with van der Waals surface area (Å²) in [5.41, 5.74) is 0.497. The molecule has 3 fully saturated rings. The van der Waals surface area contributed by atoms with Gasteiger partial charge in [0.1, 0.15) is 0 Å². The molecule has 4 rings (SSSR count). The Morgan fingerprint density at radius 3 is 2.59 bits per heavy atom. The predicted octanol–water partition coefficient (Wildman–Crippen LogP) is 5.14. The van der Waals surface area contributed by atoms with Crippen molar-refractivity contribution in [3.63, 3.8) is 0 Å². The topological polar surface area (TPSA) is 74.6 Å². The molecule has 2 N–H and O–H groups in total. The van der Waals surface area contributed by atoms with E-state index in [9.17, 15) is 19.8 Å². The zero-order valence-electron chi connectivity index (χ0n) is 18.4. The van der Waals surface area contributed by atoms with E-state index in [2.05, 4.69) is 20.8 Å². The highest BCUT2D eigenvalue weighted by molar-refractivity contribution is 5.91. The number of carbonyl (C=O) groups is 2. The monoisotopic (exact) mass is 402 g/mol. The molecule has 4 aliphatic carbocycles. The third-order valence-corrected chi connectivity index (χ3v) is 9.87. The first-order valence-corrected chi connectivity index (χ1v) is 11.8. The summed E-state index contributed by atoms with van der Waals surface area (Å²) in [6.45, 7) is 6.91. The molecule has 3 saturated carbocycles. The number of rotatable bonds is 5. The molecule has 0 bridgehead atoms. The largest absolute Gasteiger partial charge is 0.481 e. The first kappa shape index (κ1) is 21.1. The van der Waals surface area contributed by atoms with Gasteiger partial charge in [0.15, 0.2) is 5.78 Å². The molecule has 0 aliphatic heterocycles. The normalized spacial score (nSPS) is 46.5. The number of fused-ring (bicyclic) bond motifs is 5. The van der Waals surface area contributed by atoms with Crippen LogP contribution in [0.5, 0.6) is 0 Å². The summed E-state index contributed by atoms with van der Waals surface area (Å²) in [5, 5.41) is 20.8. The second kappa shape index (κ2) is 7.21. The maximum absolute atomic E-state index is 12.2. The van der Waals surface area contributed by atoms with Crippen molar-refractivity contribution in [2.24, 2.45) is 34.5 Å². The van der Waals surface area contributed by atoms with E-state index in [1.807, 2.05) is 6.08 Å². The molecule has 0 aromatic rings. The van der Waals surface area contributed by atoms with Crippen LogP contribution in [0.1, 0.15) is 91.4 Å². The molecule has 0 spiro atoms. The van der Waals surface area contributed by atoms with Crippen LogP contribution in [-0.4, -0.2) is 27.6 Å². The minimum Gasteiger partial charge on any atom is -0.481 e. The van der Waals surface area contributed by atoms with Gasteiger partial charge < -0.3 is 10.2 Å². The third kappa shape index (κ3) is 3.12. The van der Waals surface area contributed by atoms with Crippen molar-refractivity contribution in [3.05, 3.63) is 11.6 Å². The minimum absolute atomic E-state index is 0.0536. The smallest absolute Gasteiger partial charge is 0.303 e. The number of aliphatic hydroxyl groups is 1. The van der Waals surface area contributed by atoms with Crippen LogP contribution in [-0.2, 0) is 9.59 Å². The Morgan fingerprint density at radius 1 is 1.17 bits per heavy atom. The predicted molar refractivity (Wildman–Crippen MR) is 112 cm³/mol. The SMILES string of the molecule is CCCC1CC2=CC(=O)CC[C@]2(C)[C@H]2CC[C@@]3(C)[C@@H](CC[C@@]3(O)CCC(=O)O)C12. The van der Waals surface area contributed by atoms with Gasteiger partial charge in [0.2, 0.25) is 0 Å². The van der Waals surface area contributed by atoms with E-state index in [0.717, 1.165) is 44.9 Å². The van der Waals surface area contributed by atoms with Crippen LogP contribution in [0.15, 0.2) is 11.6 Å². The summed E-state index contributed by atoms with van der Waals surface area (Å²) in [5.74, 6) is 1.72. The highest BCUT2D eigenvalue weighted by Crippen LogP contribution is 2.69. The van der Waals surface area contributed by atoms with Crippen molar-refractivity contribution in [2.75, 3.05) is 0 Å². The van der Waals surface area contributed by atoms with Crippen molar-refractivity contribution in [1.29, 1.82) is 0 Å². The van der Waals surface area contributed by atoms with Crippen LogP contribution in [0.3, 0.4) is 0 Å². The van der Waals surface area contributed by atoms with E-state index < -0.39 is 11.6 Å². The molecule has 2 unspecified atom stereocenters. The summed E-state index contributed by atoms with van der Waals surface area (Å²) in [6, 6.07) is 0. The number of ketones is 1. The zero-order chi connectivity index (χ0) is 21.0. The van der Waals surface area contributed by atoms with Crippen molar-refractivity contribution >= 4 is 11.8 Å². The Labute approximate surface area is 175 Å². The summed E-state index contributed by atoms with van der Waals surface area (Å²) >= 11 is 0. The molecule has 0 saturated heterocycles. The van der Waals surface area contributed by atoms with Crippen molar-refractivity contribution in [2.45, 2.75) is 97.0 Å². The molecule has 29 heavy (non-hydrogen) atoms. The Kier molecular flexibility index (Phi) is 5.25. The van der Waals surface area contributed by atoms with Crippen LogP contribution in [0.25, 0.3) is 0 Å². The molecule has 0 amide bonds. The Balaban J connectivity index is 1.69. The number of allylic oxidation sites excluding steroid dienone is 1. The number of hydrogen-bond acceptors (Lipinski definition) is 3. The summed E-state index contributed by atoms with van der Waals surface area (Å²) in [6.07, 6.45) is 11.3. The standard InChI is InChI=1S/C25H38O4/c1-4-5-16-14-17-15-18(26)6-10-23(17,2)19-7-11-24(3)20(22(16)19)8-12-25(24,29)13-9-21(27)28/h15-16,19-20,22,29H,4-14H2,1-3H3,(H,27,28)/t16?,19-,20-,22?,23-,24-,25+/m0/s1. The van der Waals surface area contributed by atoms with Crippen LogP contribution in [0.2, 0.25) is 0 Å². The Morgan fingerprint density at radius 2 is 1.90 bits per heavy atom. The second-order valence-electron chi connectivity index (χ2n) is 11.0. The molecule has 0 aromatic heterocycles. The lowest BCUT2D eigenvalue weighted by Crippen LogP contribution is -2.57. The molecule has 0 heterocycles. The molecule has 4 heteroatoms. The summed E-state index contributed by atoms with van der Waals surface area (Å²) < 4.78 is 0.